The number of halogens is 2. The lowest BCUT2D eigenvalue weighted by atomic mass is 10.1. The molecule has 0 aliphatic carbocycles. The highest BCUT2D eigenvalue weighted by atomic mass is 35.5. The number of benzene rings is 2. The first-order valence-corrected chi connectivity index (χ1v) is 8.11. The molecule has 0 atom stereocenters. The monoisotopic (exact) mass is 349 g/mol. The number of hydrogen-bond donors (Lipinski definition) is 1. The SMILES string of the molecule is O=C(c1cccc(O)c1F)N1CCC(Oc2ccc(Cl)cc2)CC1. The zero-order valence-corrected chi connectivity index (χ0v) is 13.7. The molecule has 1 saturated heterocycles. The number of amides is 1. The van der Waals surface area contributed by atoms with Crippen molar-refractivity contribution in [2.75, 3.05) is 13.1 Å². The van der Waals surface area contributed by atoms with Gasteiger partial charge in [0.25, 0.3) is 5.91 Å². The number of rotatable bonds is 3. The van der Waals surface area contributed by atoms with Crippen LogP contribution < -0.4 is 4.74 Å². The summed E-state index contributed by atoms with van der Waals surface area (Å²) in [5.41, 5.74) is -0.105. The molecule has 1 heterocycles. The zero-order chi connectivity index (χ0) is 17.1. The predicted molar refractivity (Wildman–Crippen MR) is 89.1 cm³/mol. The number of ether oxygens (including phenoxy) is 1. The van der Waals surface area contributed by atoms with Gasteiger partial charge in [0.1, 0.15) is 11.9 Å². The van der Waals surface area contributed by atoms with Crippen molar-refractivity contribution in [2.24, 2.45) is 0 Å². The van der Waals surface area contributed by atoms with Crippen LogP contribution in [0, 0.1) is 5.82 Å². The number of nitrogens with zero attached hydrogens (tertiary/aromatic N) is 1. The van der Waals surface area contributed by atoms with Crippen molar-refractivity contribution in [2.45, 2.75) is 18.9 Å². The summed E-state index contributed by atoms with van der Waals surface area (Å²) in [7, 11) is 0. The summed E-state index contributed by atoms with van der Waals surface area (Å²) in [4.78, 5) is 14.0. The van der Waals surface area contributed by atoms with E-state index in [0.717, 1.165) is 5.75 Å². The second-order valence-corrected chi connectivity index (χ2v) is 6.14. The maximum absolute atomic E-state index is 13.9. The summed E-state index contributed by atoms with van der Waals surface area (Å²) in [5.74, 6) is -1.06. The Bertz CT molecular complexity index is 728. The molecule has 1 amide bonds. The van der Waals surface area contributed by atoms with Crippen molar-refractivity contribution >= 4 is 17.5 Å². The second kappa shape index (κ2) is 7.09. The first kappa shape index (κ1) is 16.6. The number of phenols is 1. The molecule has 0 saturated carbocycles. The lowest BCUT2D eigenvalue weighted by Gasteiger charge is -2.32. The predicted octanol–water partition coefficient (Wildman–Crippen LogP) is 3.87. The number of piperidine rings is 1. The van der Waals surface area contributed by atoms with E-state index in [0.29, 0.717) is 31.0 Å². The van der Waals surface area contributed by atoms with Gasteiger partial charge < -0.3 is 14.7 Å². The van der Waals surface area contributed by atoms with Gasteiger partial charge in [0.2, 0.25) is 0 Å². The number of carbonyl (C=O) groups excluding carboxylic acids is 1. The van der Waals surface area contributed by atoms with E-state index in [1.165, 1.54) is 18.2 Å². The number of aromatic hydroxyl groups is 1. The molecule has 1 fully saturated rings. The van der Waals surface area contributed by atoms with Crippen LogP contribution in [-0.2, 0) is 0 Å². The van der Waals surface area contributed by atoms with E-state index in [1.807, 2.05) is 12.1 Å². The molecule has 1 aliphatic heterocycles. The minimum Gasteiger partial charge on any atom is -0.505 e. The Morgan fingerprint density at radius 1 is 1.17 bits per heavy atom. The van der Waals surface area contributed by atoms with Gasteiger partial charge in [0.15, 0.2) is 11.6 Å². The normalized spacial score (nSPS) is 15.3. The molecule has 3 rings (SSSR count). The van der Waals surface area contributed by atoms with Gasteiger partial charge >= 0.3 is 0 Å². The molecule has 0 aromatic heterocycles. The maximum atomic E-state index is 13.9. The average Bonchev–Trinajstić information content (AvgIpc) is 2.59. The summed E-state index contributed by atoms with van der Waals surface area (Å²) < 4.78 is 19.7. The highest BCUT2D eigenvalue weighted by molar-refractivity contribution is 6.30. The Morgan fingerprint density at radius 3 is 2.50 bits per heavy atom. The van der Waals surface area contributed by atoms with Crippen molar-refractivity contribution < 1.29 is 19.0 Å². The van der Waals surface area contributed by atoms with E-state index in [2.05, 4.69) is 0 Å². The van der Waals surface area contributed by atoms with Gasteiger partial charge in [-0.3, -0.25) is 4.79 Å². The van der Waals surface area contributed by atoms with Gasteiger partial charge in [-0.05, 0) is 36.4 Å². The van der Waals surface area contributed by atoms with Crippen LogP contribution in [0.5, 0.6) is 11.5 Å². The first-order chi connectivity index (χ1) is 11.5. The summed E-state index contributed by atoms with van der Waals surface area (Å²) >= 11 is 5.84. The molecular formula is C18H17ClFNO3. The first-order valence-electron chi connectivity index (χ1n) is 7.73. The van der Waals surface area contributed by atoms with E-state index >= 15 is 0 Å². The molecular weight excluding hydrogens is 333 g/mol. The van der Waals surface area contributed by atoms with Gasteiger partial charge in [0.05, 0.1) is 5.56 Å². The molecule has 0 unspecified atom stereocenters. The van der Waals surface area contributed by atoms with Crippen molar-refractivity contribution in [1.29, 1.82) is 0 Å². The van der Waals surface area contributed by atoms with Crippen LogP contribution in [-0.4, -0.2) is 35.1 Å². The molecule has 126 valence electrons. The Kier molecular flexibility index (Phi) is 4.90. The Morgan fingerprint density at radius 2 is 1.83 bits per heavy atom. The standard InChI is InChI=1S/C18H17ClFNO3/c19-12-4-6-13(7-5-12)24-14-8-10-21(11-9-14)18(23)15-2-1-3-16(22)17(15)20/h1-7,14,22H,8-11H2. The third-order valence-corrected chi connectivity index (χ3v) is 4.31. The molecule has 1 aliphatic rings. The van der Waals surface area contributed by atoms with Crippen LogP contribution >= 0.6 is 11.6 Å². The van der Waals surface area contributed by atoms with E-state index < -0.39 is 17.5 Å². The van der Waals surface area contributed by atoms with Gasteiger partial charge in [-0.2, -0.15) is 0 Å². The van der Waals surface area contributed by atoms with Gasteiger partial charge in [0, 0.05) is 31.0 Å². The number of hydrogen-bond acceptors (Lipinski definition) is 3. The smallest absolute Gasteiger partial charge is 0.256 e. The lowest BCUT2D eigenvalue weighted by molar-refractivity contribution is 0.0590. The maximum Gasteiger partial charge on any atom is 0.256 e. The lowest BCUT2D eigenvalue weighted by Crippen LogP contribution is -2.42. The number of likely N-dealkylation sites (tertiary alicyclic amines) is 1. The van der Waals surface area contributed by atoms with Crippen molar-refractivity contribution in [3.05, 3.63) is 58.9 Å². The summed E-state index contributed by atoms with van der Waals surface area (Å²) in [6.45, 7) is 0.957. The zero-order valence-electron chi connectivity index (χ0n) is 12.9. The Balaban J connectivity index is 1.59. The van der Waals surface area contributed by atoms with Crippen LogP contribution in [0.3, 0.4) is 0 Å². The minimum absolute atomic E-state index is 0.00393. The second-order valence-electron chi connectivity index (χ2n) is 5.70. The molecule has 6 heteroatoms. The fourth-order valence-electron chi connectivity index (χ4n) is 2.74. The average molecular weight is 350 g/mol. The molecule has 0 bridgehead atoms. The molecule has 0 radical (unpaired) electrons. The molecule has 0 spiro atoms. The Hall–Kier alpha value is -2.27. The van der Waals surface area contributed by atoms with Crippen LogP contribution in [0.15, 0.2) is 42.5 Å². The highest BCUT2D eigenvalue weighted by Crippen LogP contribution is 2.24. The number of phenolic OH excluding ortho intramolecular Hbond substituents is 1. The van der Waals surface area contributed by atoms with Crippen LogP contribution in [0.2, 0.25) is 5.02 Å². The third kappa shape index (κ3) is 3.62. The highest BCUT2D eigenvalue weighted by Gasteiger charge is 2.26. The van der Waals surface area contributed by atoms with Gasteiger partial charge in [-0.15, -0.1) is 0 Å². The summed E-state index contributed by atoms with van der Waals surface area (Å²) in [6, 6.07) is 11.2. The number of carbonyl (C=O) groups is 1. The largest absolute Gasteiger partial charge is 0.505 e. The van der Waals surface area contributed by atoms with Crippen molar-refractivity contribution in [3.8, 4) is 11.5 Å². The van der Waals surface area contributed by atoms with Crippen LogP contribution in [0.25, 0.3) is 0 Å². The van der Waals surface area contributed by atoms with Crippen LogP contribution in [0.1, 0.15) is 23.2 Å². The molecule has 2 aromatic rings. The molecule has 2 aromatic carbocycles. The van der Waals surface area contributed by atoms with E-state index in [-0.39, 0.29) is 11.7 Å². The third-order valence-electron chi connectivity index (χ3n) is 4.05. The fourth-order valence-corrected chi connectivity index (χ4v) is 2.86. The minimum atomic E-state index is -0.873. The van der Waals surface area contributed by atoms with Crippen LogP contribution in [0.4, 0.5) is 4.39 Å². The van der Waals surface area contributed by atoms with Gasteiger partial charge in [-0.25, -0.2) is 4.39 Å². The fraction of sp³-hybridized carbons (Fsp3) is 0.278. The summed E-state index contributed by atoms with van der Waals surface area (Å²) in [5, 5.41) is 10.0. The van der Waals surface area contributed by atoms with E-state index in [1.54, 1.807) is 17.0 Å². The topological polar surface area (TPSA) is 49.8 Å². The molecule has 24 heavy (non-hydrogen) atoms. The molecule has 4 nitrogen and oxygen atoms in total. The van der Waals surface area contributed by atoms with Crippen molar-refractivity contribution in [3.63, 3.8) is 0 Å². The van der Waals surface area contributed by atoms with Gasteiger partial charge in [-0.1, -0.05) is 17.7 Å². The molecule has 1 N–H and O–H groups in total. The van der Waals surface area contributed by atoms with Crippen molar-refractivity contribution in [1.82, 2.24) is 4.90 Å². The van der Waals surface area contributed by atoms with E-state index in [4.69, 9.17) is 16.3 Å². The Labute approximate surface area is 144 Å². The van der Waals surface area contributed by atoms with E-state index in [9.17, 15) is 14.3 Å². The summed E-state index contributed by atoms with van der Waals surface area (Å²) in [6.07, 6.45) is 1.33. The quantitative estimate of drug-likeness (QED) is 0.915.